The van der Waals surface area contributed by atoms with Gasteiger partial charge in [0.15, 0.2) is 0 Å². The van der Waals surface area contributed by atoms with Crippen molar-refractivity contribution >= 4 is 22.5 Å². The minimum atomic E-state index is -4.47. The van der Waals surface area contributed by atoms with E-state index in [0.29, 0.717) is 16.8 Å². The van der Waals surface area contributed by atoms with Crippen molar-refractivity contribution in [3.63, 3.8) is 0 Å². The summed E-state index contributed by atoms with van der Waals surface area (Å²) in [7, 11) is 1.48. The number of rotatable bonds is 3. The van der Waals surface area contributed by atoms with Gasteiger partial charge in [-0.05, 0) is 42.5 Å². The smallest absolute Gasteiger partial charge is 0.416 e. The molecule has 1 heterocycles. The van der Waals surface area contributed by atoms with E-state index < -0.39 is 17.6 Å². The van der Waals surface area contributed by atoms with Crippen molar-refractivity contribution in [3.05, 3.63) is 65.9 Å². The number of anilines is 1. The average molecular weight is 346 g/mol. The molecule has 0 aliphatic heterocycles. The molecule has 0 unspecified atom stereocenters. The molecule has 7 heteroatoms. The molecule has 0 aliphatic rings. The van der Waals surface area contributed by atoms with Crippen LogP contribution in [0.5, 0.6) is 5.75 Å². The number of carbonyl (C=O) groups excluding carboxylic acids is 1. The van der Waals surface area contributed by atoms with Gasteiger partial charge in [-0.2, -0.15) is 13.2 Å². The van der Waals surface area contributed by atoms with Crippen LogP contribution in [0.3, 0.4) is 0 Å². The number of hydrogen-bond donors (Lipinski definition) is 1. The number of ether oxygens (including phenoxy) is 1. The normalized spacial score (nSPS) is 11.4. The molecule has 3 aromatic rings. The molecule has 1 N–H and O–H groups in total. The van der Waals surface area contributed by atoms with Gasteiger partial charge in [0.2, 0.25) is 0 Å². The van der Waals surface area contributed by atoms with Crippen LogP contribution in [0, 0.1) is 0 Å². The predicted octanol–water partition coefficient (Wildman–Crippen LogP) is 4.51. The van der Waals surface area contributed by atoms with Crippen molar-refractivity contribution < 1.29 is 22.7 Å². The number of nitrogens with zero attached hydrogens (tertiary/aromatic N) is 1. The van der Waals surface area contributed by atoms with Gasteiger partial charge < -0.3 is 10.1 Å². The van der Waals surface area contributed by atoms with E-state index in [0.717, 1.165) is 12.1 Å². The Morgan fingerprint density at radius 3 is 2.64 bits per heavy atom. The number of pyridine rings is 1. The second kappa shape index (κ2) is 6.43. The quantitative estimate of drug-likeness (QED) is 0.759. The van der Waals surface area contributed by atoms with E-state index in [4.69, 9.17) is 4.74 Å². The molecule has 0 saturated carbocycles. The summed E-state index contributed by atoms with van der Waals surface area (Å²) in [6.07, 6.45) is -3.05. The van der Waals surface area contributed by atoms with Gasteiger partial charge in [-0.25, -0.2) is 0 Å². The Kier molecular flexibility index (Phi) is 4.31. The van der Waals surface area contributed by atoms with Crippen LogP contribution in [0.4, 0.5) is 18.9 Å². The van der Waals surface area contributed by atoms with E-state index in [1.54, 1.807) is 24.3 Å². The zero-order valence-corrected chi connectivity index (χ0v) is 13.1. The van der Waals surface area contributed by atoms with E-state index in [1.807, 2.05) is 0 Å². The van der Waals surface area contributed by atoms with Gasteiger partial charge in [0, 0.05) is 17.1 Å². The number of fused-ring (bicyclic) bond motifs is 1. The number of benzene rings is 2. The van der Waals surface area contributed by atoms with Crippen LogP contribution in [0.15, 0.2) is 54.7 Å². The molecule has 0 spiro atoms. The Morgan fingerprint density at radius 1 is 1.12 bits per heavy atom. The highest BCUT2D eigenvalue weighted by Gasteiger charge is 2.30. The topological polar surface area (TPSA) is 51.2 Å². The third-order valence-corrected chi connectivity index (χ3v) is 3.65. The lowest BCUT2D eigenvalue weighted by molar-refractivity contribution is -0.137. The minimum Gasteiger partial charge on any atom is -0.497 e. The van der Waals surface area contributed by atoms with Crippen LogP contribution in [0.1, 0.15) is 15.9 Å². The summed E-state index contributed by atoms with van der Waals surface area (Å²) in [5.41, 5.74) is 0.140. The van der Waals surface area contributed by atoms with Gasteiger partial charge in [0.1, 0.15) is 5.75 Å². The number of amides is 1. The maximum Gasteiger partial charge on any atom is 0.416 e. The summed E-state index contributed by atoms with van der Waals surface area (Å²) in [6.45, 7) is 0. The fourth-order valence-electron chi connectivity index (χ4n) is 2.39. The highest BCUT2D eigenvalue weighted by molar-refractivity contribution is 6.08. The molecule has 0 bridgehead atoms. The Labute approximate surface area is 141 Å². The maximum atomic E-state index is 12.9. The summed E-state index contributed by atoms with van der Waals surface area (Å²) in [4.78, 5) is 16.4. The van der Waals surface area contributed by atoms with Crippen molar-refractivity contribution in [1.29, 1.82) is 0 Å². The van der Waals surface area contributed by atoms with Gasteiger partial charge in [-0.1, -0.05) is 6.07 Å². The predicted molar refractivity (Wildman–Crippen MR) is 87.7 cm³/mol. The van der Waals surface area contributed by atoms with Gasteiger partial charge in [0.05, 0.1) is 23.9 Å². The van der Waals surface area contributed by atoms with Crippen LogP contribution >= 0.6 is 0 Å². The number of alkyl halides is 3. The third kappa shape index (κ3) is 3.55. The van der Waals surface area contributed by atoms with E-state index in [1.165, 1.54) is 25.4 Å². The summed E-state index contributed by atoms with van der Waals surface area (Å²) in [5, 5.41) is 2.85. The molecule has 1 aromatic heterocycles. The van der Waals surface area contributed by atoms with E-state index >= 15 is 0 Å². The van der Waals surface area contributed by atoms with Crippen molar-refractivity contribution in [1.82, 2.24) is 4.98 Å². The number of hydrogen-bond acceptors (Lipinski definition) is 3. The molecule has 0 atom stereocenters. The van der Waals surface area contributed by atoms with E-state index in [9.17, 15) is 18.0 Å². The standard InChI is InChI=1S/C18H13F3N2O2/c1-25-13-4-2-3-11(9-13)17(24)23-16-7-8-22-15-6-5-12(10-14(15)16)18(19,20)21/h2-10H,1H3,(H,22,23,24). The SMILES string of the molecule is COc1cccc(C(=O)Nc2ccnc3ccc(C(F)(F)F)cc23)c1. The first-order chi connectivity index (χ1) is 11.9. The Balaban J connectivity index is 1.99. The summed E-state index contributed by atoms with van der Waals surface area (Å²) < 4.78 is 43.9. The minimum absolute atomic E-state index is 0.216. The Morgan fingerprint density at radius 2 is 1.92 bits per heavy atom. The highest BCUT2D eigenvalue weighted by Crippen LogP contribution is 2.33. The second-order valence-corrected chi connectivity index (χ2v) is 5.27. The van der Waals surface area contributed by atoms with Gasteiger partial charge in [-0.3, -0.25) is 9.78 Å². The van der Waals surface area contributed by atoms with E-state index in [2.05, 4.69) is 10.3 Å². The van der Waals surface area contributed by atoms with Crippen LogP contribution in [0.25, 0.3) is 10.9 Å². The first-order valence-electron chi connectivity index (χ1n) is 7.30. The first kappa shape index (κ1) is 16.8. The first-order valence-corrected chi connectivity index (χ1v) is 7.30. The van der Waals surface area contributed by atoms with Crippen molar-refractivity contribution in [2.75, 3.05) is 12.4 Å². The monoisotopic (exact) mass is 346 g/mol. The lowest BCUT2D eigenvalue weighted by Crippen LogP contribution is -2.12. The lowest BCUT2D eigenvalue weighted by Gasteiger charge is -2.11. The van der Waals surface area contributed by atoms with Crippen LogP contribution in [0.2, 0.25) is 0 Å². The fourth-order valence-corrected chi connectivity index (χ4v) is 2.39. The van der Waals surface area contributed by atoms with Gasteiger partial charge >= 0.3 is 6.18 Å². The second-order valence-electron chi connectivity index (χ2n) is 5.27. The molecule has 1 amide bonds. The number of nitrogens with one attached hydrogen (secondary N) is 1. The van der Waals surface area contributed by atoms with E-state index in [-0.39, 0.29) is 11.1 Å². The molecule has 0 saturated heterocycles. The number of methoxy groups -OCH3 is 1. The maximum absolute atomic E-state index is 12.9. The van der Waals surface area contributed by atoms with Crippen molar-refractivity contribution in [3.8, 4) is 5.75 Å². The zero-order valence-electron chi connectivity index (χ0n) is 13.1. The molecule has 0 fully saturated rings. The number of aromatic nitrogens is 1. The van der Waals surface area contributed by atoms with Crippen LogP contribution in [-0.2, 0) is 6.18 Å². The van der Waals surface area contributed by atoms with Crippen molar-refractivity contribution in [2.45, 2.75) is 6.18 Å². The molecule has 3 rings (SSSR count). The van der Waals surface area contributed by atoms with Gasteiger partial charge in [0.25, 0.3) is 5.91 Å². The van der Waals surface area contributed by atoms with Crippen LogP contribution in [-0.4, -0.2) is 18.0 Å². The Bertz CT molecular complexity index is 939. The largest absolute Gasteiger partial charge is 0.497 e. The number of halogens is 3. The van der Waals surface area contributed by atoms with Crippen LogP contribution < -0.4 is 10.1 Å². The molecular formula is C18H13F3N2O2. The van der Waals surface area contributed by atoms with Crippen molar-refractivity contribution in [2.24, 2.45) is 0 Å². The fraction of sp³-hybridized carbons (Fsp3) is 0.111. The molecule has 0 radical (unpaired) electrons. The lowest BCUT2D eigenvalue weighted by atomic mass is 10.1. The summed E-state index contributed by atoms with van der Waals surface area (Å²) in [5.74, 6) is 0.0513. The highest BCUT2D eigenvalue weighted by atomic mass is 19.4. The molecule has 2 aromatic carbocycles. The summed E-state index contributed by atoms with van der Waals surface area (Å²) in [6, 6.07) is 11.1. The zero-order chi connectivity index (χ0) is 18.0. The molecule has 0 aliphatic carbocycles. The third-order valence-electron chi connectivity index (χ3n) is 3.65. The molecule has 128 valence electrons. The molecule has 25 heavy (non-hydrogen) atoms. The summed E-state index contributed by atoms with van der Waals surface area (Å²) >= 11 is 0. The van der Waals surface area contributed by atoms with Gasteiger partial charge in [-0.15, -0.1) is 0 Å². The Hall–Kier alpha value is -3.09. The average Bonchev–Trinajstić information content (AvgIpc) is 2.61. The molecule has 4 nitrogen and oxygen atoms in total. The molecular weight excluding hydrogens is 333 g/mol. The number of carbonyl (C=O) groups is 1.